The topological polar surface area (TPSA) is 34.9 Å². The molecule has 2 rings (SSSR count). The Morgan fingerprint density at radius 2 is 1.95 bits per heavy atom. The van der Waals surface area contributed by atoms with Gasteiger partial charge >= 0.3 is 0 Å². The maximum atomic E-state index is 12.3. The third-order valence-electron chi connectivity index (χ3n) is 3.06. The van der Waals surface area contributed by atoms with E-state index in [4.69, 9.17) is 0 Å². The summed E-state index contributed by atoms with van der Waals surface area (Å²) in [6.07, 6.45) is 4.44. The van der Waals surface area contributed by atoms with E-state index < -0.39 is 0 Å². The number of aromatic nitrogens is 2. The zero-order valence-corrected chi connectivity index (χ0v) is 12.2. The first kappa shape index (κ1) is 13.9. The molecule has 2 aromatic rings. The zero-order chi connectivity index (χ0) is 13.8. The first-order chi connectivity index (χ1) is 9.13. The molecular formula is C15H18N2OS. The number of unbranched alkanes of at least 4 members (excludes halogenated alkanes) is 1. The average molecular weight is 274 g/mol. The Kier molecular flexibility index (Phi) is 4.43. The van der Waals surface area contributed by atoms with Crippen LogP contribution in [0, 0.1) is 6.92 Å². The van der Waals surface area contributed by atoms with Crippen molar-refractivity contribution in [1.82, 2.24) is 9.55 Å². The SMILES string of the molecule is CCCCc1ncc(S)c(=O)n1-c1ccc(C)cc1. The van der Waals surface area contributed by atoms with E-state index >= 15 is 0 Å². The lowest BCUT2D eigenvalue weighted by Gasteiger charge is -2.12. The largest absolute Gasteiger partial charge is 0.271 e. The van der Waals surface area contributed by atoms with Crippen molar-refractivity contribution in [2.45, 2.75) is 38.0 Å². The third-order valence-corrected chi connectivity index (χ3v) is 3.37. The molecule has 0 bridgehead atoms. The molecule has 19 heavy (non-hydrogen) atoms. The standard InChI is InChI=1S/C15H18N2OS/c1-3-4-5-14-16-10-13(19)15(18)17(14)12-8-6-11(2)7-9-12/h6-10,19H,3-5H2,1-2H3. The maximum Gasteiger partial charge on any atom is 0.271 e. The fraction of sp³-hybridized carbons (Fsp3) is 0.333. The Morgan fingerprint density at radius 3 is 2.58 bits per heavy atom. The fourth-order valence-electron chi connectivity index (χ4n) is 1.95. The van der Waals surface area contributed by atoms with Crippen LogP contribution in [0.25, 0.3) is 5.69 Å². The fourth-order valence-corrected chi connectivity index (χ4v) is 2.11. The molecule has 0 aliphatic heterocycles. The Bertz CT molecular complexity index is 617. The van der Waals surface area contributed by atoms with Crippen LogP contribution in [-0.4, -0.2) is 9.55 Å². The molecule has 1 aromatic carbocycles. The number of benzene rings is 1. The summed E-state index contributed by atoms with van der Waals surface area (Å²) in [5.41, 5.74) is 1.92. The highest BCUT2D eigenvalue weighted by Crippen LogP contribution is 2.12. The predicted octanol–water partition coefficient (Wildman–Crippen LogP) is 3.17. The van der Waals surface area contributed by atoms with Crippen molar-refractivity contribution >= 4 is 12.6 Å². The van der Waals surface area contributed by atoms with Crippen LogP contribution in [0.15, 0.2) is 40.2 Å². The van der Waals surface area contributed by atoms with E-state index in [1.54, 1.807) is 10.8 Å². The van der Waals surface area contributed by atoms with Crippen molar-refractivity contribution < 1.29 is 0 Å². The minimum absolute atomic E-state index is 0.103. The van der Waals surface area contributed by atoms with Crippen molar-refractivity contribution in [1.29, 1.82) is 0 Å². The van der Waals surface area contributed by atoms with E-state index in [0.29, 0.717) is 4.90 Å². The normalized spacial score (nSPS) is 10.7. The summed E-state index contributed by atoms with van der Waals surface area (Å²) in [6.45, 7) is 4.15. The van der Waals surface area contributed by atoms with Crippen molar-refractivity contribution in [2.75, 3.05) is 0 Å². The van der Waals surface area contributed by atoms with Crippen LogP contribution >= 0.6 is 12.6 Å². The lowest BCUT2D eigenvalue weighted by molar-refractivity contribution is 0.702. The first-order valence-corrected chi connectivity index (χ1v) is 6.95. The zero-order valence-electron chi connectivity index (χ0n) is 11.3. The van der Waals surface area contributed by atoms with Gasteiger partial charge in [0.1, 0.15) is 5.82 Å². The number of thiol groups is 1. The number of hydrogen-bond donors (Lipinski definition) is 1. The van der Waals surface area contributed by atoms with E-state index in [1.165, 1.54) is 5.56 Å². The highest BCUT2D eigenvalue weighted by molar-refractivity contribution is 7.80. The summed E-state index contributed by atoms with van der Waals surface area (Å²) in [7, 11) is 0. The van der Waals surface area contributed by atoms with Gasteiger partial charge in [-0.2, -0.15) is 0 Å². The van der Waals surface area contributed by atoms with Gasteiger partial charge in [-0.15, -0.1) is 12.6 Å². The molecule has 0 aliphatic carbocycles. The van der Waals surface area contributed by atoms with E-state index in [-0.39, 0.29) is 5.56 Å². The second-order valence-electron chi connectivity index (χ2n) is 4.64. The van der Waals surface area contributed by atoms with Gasteiger partial charge in [0.05, 0.1) is 10.6 Å². The lowest BCUT2D eigenvalue weighted by atomic mass is 10.2. The van der Waals surface area contributed by atoms with Crippen LogP contribution in [0.5, 0.6) is 0 Å². The van der Waals surface area contributed by atoms with E-state index in [0.717, 1.165) is 30.8 Å². The van der Waals surface area contributed by atoms with E-state index in [2.05, 4.69) is 24.5 Å². The molecule has 0 unspecified atom stereocenters. The van der Waals surface area contributed by atoms with Gasteiger partial charge in [-0.25, -0.2) is 4.98 Å². The van der Waals surface area contributed by atoms with Crippen molar-refractivity contribution in [3.05, 3.63) is 52.2 Å². The Balaban J connectivity index is 2.55. The molecule has 0 fully saturated rings. The Morgan fingerprint density at radius 1 is 1.26 bits per heavy atom. The number of aryl methyl sites for hydroxylation is 2. The monoisotopic (exact) mass is 274 g/mol. The van der Waals surface area contributed by atoms with E-state index in [9.17, 15) is 4.79 Å². The molecule has 0 amide bonds. The second kappa shape index (κ2) is 6.06. The van der Waals surface area contributed by atoms with Gasteiger partial charge in [0.2, 0.25) is 0 Å². The molecule has 0 saturated carbocycles. The van der Waals surface area contributed by atoms with Crippen LogP contribution in [0.3, 0.4) is 0 Å². The van der Waals surface area contributed by atoms with Crippen LogP contribution in [0.2, 0.25) is 0 Å². The van der Waals surface area contributed by atoms with Gasteiger partial charge in [0.25, 0.3) is 5.56 Å². The lowest BCUT2D eigenvalue weighted by Crippen LogP contribution is -2.24. The van der Waals surface area contributed by atoms with Crippen LogP contribution < -0.4 is 5.56 Å². The van der Waals surface area contributed by atoms with Gasteiger partial charge in [-0.05, 0) is 25.5 Å². The predicted molar refractivity (Wildman–Crippen MR) is 80.4 cm³/mol. The molecule has 100 valence electrons. The molecule has 0 radical (unpaired) electrons. The first-order valence-electron chi connectivity index (χ1n) is 6.50. The van der Waals surface area contributed by atoms with Crippen LogP contribution in [-0.2, 0) is 6.42 Å². The summed E-state index contributed by atoms with van der Waals surface area (Å²) in [6, 6.07) is 7.88. The summed E-state index contributed by atoms with van der Waals surface area (Å²) in [4.78, 5) is 17.0. The molecule has 0 saturated heterocycles. The molecule has 0 atom stereocenters. The average Bonchev–Trinajstić information content (AvgIpc) is 2.41. The molecule has 0 spiro atoms. The number of rotatable bonds is 4. The molecule has 0 aliphatic rings. The van der Waals surface area contributed by atoms with Crippen LogP contribution in [0.4, 0.5) is 0 Å². The van der Waals surface area contributed by atoms with Gasteiger partial charge < -0.3 is 0 Å². The minimum Gasteiger partial charge on any atom is -0.268 e. The summed E-state index contributed by atoms with van der Waals surface area (Å²) in [5.74, 6) is 0.800. The maximum absolute atomic E-state index is 12.3. The number of hydrogen-bond acceptors (Lipinski definition) is 3. The Labute approximate surface area is 118 Å². The highest BCUT2D eigenvalue weighted by atomic mass is 32.1. The smallest absolute Gasteiger partial charge is 0.268 e. The molecule has 0 N–H and O–H groups in total. The van der Waals surface area contributed by atoms with Crippen molar-refractivity contribution in [3.63, 3.8) is 0 Å². The molecule has 3 nitrogen and oxygen atoms in total. The highest BCUT2D eigenvalue weighted by Gasteiger charge is 2.09. The summed E-state index contributed by atoms with van der Waals surface area (Å²) < 4.78 is 1.66. The summed E-state index contributed by atoms with van der Waals surface area (Å²) >= 11 is 4.18. The molecule has 4 heteroatoms. The molecular weight excluding hydrogens is 256 g/mol. The van der Waals surface area contributed by atoms with Gasteiger partial charge in [0, 0.05) is 12.6 Å². The minimum atomic E-state index is -0.103. The number of nitrogens with zero attached hydrogens (tertiary/aromatic N) is 2. The molecule has 1 aromatic heterocycles. The third kappa shape index (κ3) is 3.07. The summed E-state index contributed by atoms with van der Waals surface area (Å²) in [5, 5.41) is 0. The van der Waals surface area contributed by atoms with Crippen LogP contribution in [0.1, 0.15) is 31.2 Å². The van der Waals surface area contributed by atoms with Crippen molar-refractivity contribution in [2.24, 2.45) is 0 Å². The van der Waals surface area contributed by atoms with Gasteiger partial charge in [-0.1, -0.05) is 31.0 Å². The van der Waals surface area contributed by atoms with E-state index in [1.807, 2.05) is 31.2 Å². The quantitative estimate of drug-likeness (QED) is 0.869. The van der Waals surface area contributed by atoms with Crippen molar-refractivity contribution in [3.8, 4) is 5.69 Å². The second-order valence-corrected chi connectivity index (χ2v) is 5.12. The molecule has 1 heterocycles. The van der Waals surface area contributed by atoms with Gasteiger partial charge in [0.15, 0.2) is 0 Å². The Hall–Kier alpha value is -1.55. The van der Waals surface area contributed by atoms with Gasteiger partial charge in [-0.3, -0.25) is 9.36 Å².